The van der Waals surface area contributed by atoms with E-state index in [0.29, 0.717) is 29.2 Å². The number of halogens is 1. The van der Waals surface area contributed by atoms with Gasteiger partial charge < -0.3 is 15.8 Å². The van der Waals surface area contributed by atoms with E-state index in [1.807, 2.05) is 0 Å². The van der Waals surface area contributed by atoms with Crippen molar-refractivity contribution in [3.63, 3.8) is 0 Å². The van der Waals surface area contributed by atoms with Gasteiger partial charge in [-0.25, -0.2) is 4.39 Å². The summed E-state index contributed by atoms with van der Waals surface area (Å²) in [4.78, 5) is 0. The fourth-order valence-corrected chi connectivity index (χ4v) is 2.45. The number of rotatable bonds is 3. The number of nitrogens with two attached hydrogens (primary N) is 1. The second kappa shape index (κ2) is 5.05. The summed E-state index contributed by atoms with van der Waals surface area (Å²) < 4.78 is 19.6. The molecule has 3 rings (SSSR count). The number of nitrogens with zero attached hydrogens (tertiary/aromatic N) is 1. The quantitative estimate of drug-likeness (QED) is 0.788. The molecule has 1 aromatic heterocycles. The van der Waals surface area contributed by atoms with Crippen LogP contribution in [0.3, 0.4) is 0 Å². The third kappa shape index (κ3) is 2.49. The zero-order chi connectivity index (χ0) is 13.2. The second-order valence-electron chi connectivity index (χ2n) is 4.94. The molecule has 0 radical (unpaired) electrons. The van der Waals surface area contributed by atoms with Gasteiger partial charge in [0.2, 0.25) is 0 Å². The van der Waals surface area contributed by atoms with Gasteiger partial charge in [0.1, 0.15) is 11.6 Å². The maximum atomic E-state index is 13.9. The summed E-state index contributed by atoms with van der Waals surface area (Å²) in [7, 11) is 0. The Kier molecular flexibility index (Phi) is 3.25. The molecule has 6 heteroatoms. The number of ether oxygens (including phenoxy) is 1. The fourth-order valence-electron chi connectivity index (χ4n) is 2.45. The molecule has 2 heterocycles. The van der Waals surface area contributed by atoms with E-state index in [1.54, 1.807) is 6.07 Å². The van der Waals surface area contributed by atoms with Crippen LogP contribution in [0.1, 0.15) is 12.8 Å². The molecule has 2 aromatic rings. The lowest BCUT2D eigenvalue weighted by molar-refractivity contribution is 0.215. The number of fused-ring (bicyclic) bond motifs is 1. The van der Waals surface area contributed by atoms with Crippen molar-refractivity contribution in [1.82, 2.24) is 15.5 Å². The maximum absolute atomic E-state index is 13.9. The first-order chi connectivity index (χ1) is 9.24. The molecule has 102 valence electrons. The fraction of sp³-hybridized carbons (Fsp3) is 0.462. The van der Waals surface area contributed by atoms with Crippen LogP contribution in [0.4, 0.5) is 10.2 Å². The minimum Gasteiger partial charge on any atom is -0.493 e. The molecule has 1 aliphatic rings. The van der Waals surface area contributed by atoms with Gasteiger partial charge in [-0.3, -0.25) is 5.10 Å². The number of H-pyrrole nitrogens is 1. The van der Waals surface area contributed by atoms with Crippen molar-refractivity contribution in [3.05, 3.63) is 17.9 Å². The Bertz CT molecular complexity index is 577. The monoisotopic (exact) mass is 264 g/mol. The number of aromatic amines is 1. The summed E-state index contributed by atoms with van der Waals surface area (Å²) in [6.45, 7) is 2.67. The summed E-state index contributed by atoms with van der Waals surface area (Å²) in [5.41, 5.74) is 6.16. The van der Waals surface area contributed by atoms with Gasteiger partial charge in [0, 0.05) is 12.1 Å². The number of hydrogen-bond acceptors (Lipinski definition) is 4. The SMILES string of the molecule is Nc1n[nH]c2cc(OCC3CCNCC3)cc(F)c12. The molecule has 5 nitrogen and oxygen atoms in total. The van der Waals surface area contributed by atoms with E-state index in [4.69, 9.17) is 10.5 Å². The molecule has 4 N–H and O–H groups in total. The molecule has 0 amide bonds. The van der Waals surface area contributed by atoms with E-state index >= 15 is 0 Å². The summed E-state index contributed by atoms with van der Waals surface area (Å²) in [6, 6.07) is 3.11. The Balaban J connectivity index is 1.74. The standard InChI is InChI=1S/C13H17FN4O/c14-10-5-9(6-11-12(10)13(15)18-17-11)19-7-8-1-3-16-4-2-8/h5-6,8,16H,1-4,7H2,(H3,15,17,18). The number of nitrogens with one attached hydrogen (secondary N) is 2. The van der Waals surface area contributed by atoms with Crippen molar-refractivity contribution in [2.45, 2.75) is 12.8 Å². The molecule has 0 spiro atoms. The van der Waals surface area contributed by atoms with E-state index in [-0.39, 0.29) is 5.82 Å². The van der Waals surface area contributed by atoms with Crippen LogP contribution in [0.2, 0.25) is 0 Å². The first-order valence-corrected chi connectivity index (χ1v) is 6.50. The number of piperidine rings is 1. The lowest BCUT2D eigenvalue weighted by Gasteiger charge is -2.22. The zero-order valence-corrected chi connectivity index (χ0v) is 10.6. The number of nitrogen functional groups attached to an aromatic ring is 1. The van der Waals surface area contributed by atoms with Crippen LogP contribution in [0.25, 0.3) is 10.9 Å². The molecule has 0 atom stereocenters. The van der Waals surface area contributed by atoms with Gasteiger partial charge >= 0.3 is 0 Å². The van der Waals surface area contributed by atoms with Gasteiger partial charge in [-0.1, -0.05) is 0 Å². The topological polar surface area (TPSA) is 76.0 Å². The number of anilines is 1. The first kappa shape index (κ1) is 12.2. The largest absolute Gasteiger partial charge is 0.493 e. The Hall–Kier alpha value is -1.82. The minimum absolute atomic E-state index is 0.178. The van der Waals surface area contributed by atoms with Crippen LogP contribution >= 0.6 is 0 Å². The van der Waals surface area contributed by atoms with Crippen molar-refractivity contribution >= 4 is 16.7 Å². The predicted octanol–water partition coefficient (Wildman–Crippen LogP) is 1.66. The molecule has 19 heavy (non-hydrogen) atoms. The van der Waals surface area contributed by atoms with Crippen LogP contribution in [0.15, 0.2) is 12.1 Å². The summed E-state index contributed by atoms with van der Waals surface area (Å²) >= 11 is 0. The molecule has 1 aliphatic heterocycles. The normalized spacial score (nSPS) is 16.9. The highest BCUT2D eigenvalue weighted by Crippen LogP contribution is 2.27. The smallest absolute Gasteiger partial charge is 0.156 e. The van der Waals surface area contributed by atoms with Crippen LogP contribution in [0.5, 0.6) is 5.75 Å². The predicted molar refractivity (Wildman–Crippen MR) is 71.6 cm³/mol. The van der Waals surface area contributed by atoms with Gasteiger partial charge in [0.25, 0.3) is 0 Å². The highest BCUT2D eigenvalue weighted by Gasteiger charge is 2.15. The summed E-state index contributed by atoms with van der Waals surface area (Å²) in [5.74, 6) is 0.834. The van der Waals surface area contributed by atoms with Gasteiger partial charge in [0.15, 0.2) is 5.82 Å². The van der Waals surface area contributed by atoms with E-state index < -0.39 is 5.82 Å². The van der Waals surface area contributed by atoms with Crippen molar-refractivity contribution < 1.29 is 9.13 Å². The van der Waals surface area contributed by atoms with E-state index in [2.05, 4.69) is 15.5 Å². The number of aromatic nitrogens is 2. The van der Waals surface area contributed by atoms with Crippen LogP contribution in [-0.4, -0.2) is 29.9 Å². The van der Waals surface area contributed by atoms with Crippen molar-refractivity contribution in [2.24, 2.45) is 5.92 Å². The minimum atomic E-state index is -0.399. The molecule has 0 bridgehead atoms. The molecule has 1 fully saturated rings. The average Bonchev–Trinajstić information content (AvgIpc) is 2.80. The van der Waals surface area contributed by atoms with Crippen molar-refractivity contribution in [1.29, 1.82) is 0 Å². The molecule has 0 saturated carbocycles. The van der Waals surface area contributed by atoms with E-state index in [1.165, 1.54) is 6.07 Å². The third-order valence-corrected chi connectivity index (χ3v) is 3.56. The number of benzene rings is 1. The molecule has 1 aromatic carbocycles. The molecule has 0 aliphatic carbocycles. The molecule has 1 saturated heterocycles. The Labute approximate surface area is 110 Å². The highest BCUT2D eigenvalue weighted by atomic mass is 19.1. The third-order valence-electron chi connectivity index (χ3n) is 3.56. The Morgan fingerprint density at radius 1 is 1.37 bits per heavy atom. The lowest BCUT2D eigenvalue weighted by atomic mass is 9.99. The van der Waals surface area contributed by atoms with E-state index in [0.717, 1.165) is 25.9 Å². The van der Waals surface area contributed by atoms with Crippen LogP contribution < -0.4 is 15.8 Å². The maximum Gasteiger partial charge on any atom is 0.156 e. The second-order valence-corrected chi connectivity index (χ2v) is 4.94. The van der Waals surface area contributed by atoms with E-state index in [9.17, 15) is 4.39 Å². The van der Waals surface area contributed by atoms with Gasteiger partial charge in [-0.05, 0) is 31.8 Å². The zero-order valence-electron chi connectivity index (χ0n) is 10.6. The van der Waals surface area contributed by atoms with Gasteiger partial charge in [-0.2, -0.15) is 5.10 Å². The average molecular weight is 264 g/mol. The van der Waals surface area contributed by atoms with Crippen LogP contribution in [-0.2, 0) is 0 Å². The first-order valence-electron chi connectivity index (χ1n) is 6.50. The Morgan fingerprint density at radius 2 is 2.16 bits per heavy atom. The summed E-state index contributed by atoms with van der Waals surface area (Å²) in [5, 5.41) is 10.1. The Morgan fingerprint density at radius 3 is 2.95 bits per heavy atom. The molecular weight excluding hydrogens is 247 g/mol. The van der Waals surface area contributed by atoms with Crippen molar-refractivity contribution in [2.75, 3.05) is 25.4 Å². The highest BCUT2D eigenvalue weighted by molar-refractivity contribution is 5.90. The number of hydrogen-bond donors (Lipinski definition) is 3. The molecule has 0 unspecified atom stereocenters. The van der Waals surface area contributed by atoms with Crippen molar-refractivity contribution in [3.8, 4) is 5.75 Å². The lowest BCUT2D eigenvalue weighted by Crippen LogP contribution is -2.30. The molecular formula is C13H17FN4O. The van der Waals surface area contributed by atoms with Gasteiger partial charge in [0.05, 0.1) is 17.5 Å². The summed E-state index contributed by atoms with van der Waals surface area (Å²) in [6.07, 6.45) is 2.20. The van der Waals surface area contributed by atoms with Crippen LogP contribution in [0, 0.1) is 11.7 Å². The van der Waals surface area contributed by atoms with Gasteiger partial charge in [-0.15, -0.1) is 0 Å².